The molecular formula is C49H56Zr. The third-order valence-electron chi connectivity index (χ3n) is 14.0. The van der Waals surface area contributed by atoms with Crippen LogP contribution in [0.3, 0.4) is 0 Å². The second kappa shape index (κ2) is 13.8. The minimum atomic E-state index is 0.164. The average Bonchev–Trinajstić information content (AvgIpc) is 3.81. The van der Waals surface area contributed by atoms with Gasteiger partial charge in [0.05, 0.1) is 0 Å². The molecule has 0 aliphatic heterocycles. The number of allylic oxidation sites excluding steroid dienone is 6. The normalized spacial score (nSPS) is 23.4. The van der Waals surface area contributed by atoms with Crippen LogP contribution in [-0.2, 0) is 30.7 Å². The van der Waals surface area contributed by atoms with Gasteiger partial charge in [0.15, 0.2) is 0 Å². The molecule has 0 amide bonds. The molecule has 2 atom stereocenters. The van der Waals surface area contributed by atoms with Crippen molar-refractivity contribution in [3.05, 3.63) is 171 Å². The summed E-state index contributed by atoms with van der Waals surface area (Å²) in [5, 5.41) is 0. The molecule has 0 saturated heterocycles. The predicted octanol–water partition coefficient (Wildman–Crippen LogP) is 12.8. The van der Waals surface area contributed by atoms with Crippen molar-refractivity contribution in [3.8, 4) is 0 Å². The van der Waals surface area contributed by atoms with E-state index in [1.165, 1.54) is 73.7 Å². The van der Waals surface area contributed by atoms with Crippen LogP contribution in [0, 0.1) is 47.3 Å². The predicted molar refractivity (Wildman–Crippen MR) is 212 cm³/mol. The van der Waals surface area contributed by atoms with Crippen molar-refractivity contribution in [2.75, 3.05) is 0 Å². The first-order valence-corrected chi connectivity index (χ1v) is 19.8. The Balaban J connectivity index is 0.000000171. The van der Waals surface area contributed by atoms with Crippen molar-refractivity contribution < 1.29 is 24.2 Å². The van der Waals surface area contributed by atoms with Gasteiger partial charge >= 0.3 is 112 Å². The number of hydrogen-bond donors (Lipinski definition) is 0. The zero-order valence-electron chi connectivity index (χ0n) is 32.2. The molecule has 50 heavy (non-hydrogen) atoms. The molecule has 4 aromatic carbocycles. The van der Waals surface area contributed by atoms with Crippen LogP contribution >= 0.6 is 0 Å². The van der Waals surface area contributed by atoms with E-state index in [1.807, 2.05) is 30.3 Å². The second-order valence-electron chi connectivity index (χ2n) is 16.8. The molecule has 8 rings (SSSR count). The Labute approximate surface area is 318 Å². The molecule has 4 aliphatic carbocycles. The van der Waals surface area contributed by atoms with Crippen LogP contribution in [0.4, 0.5) is 0 Å². The quantitative estimate of drug-likeness (QED) is 0.180. The van der Waals surface area contributed by atoms with E-state index in [1.54, 1.807) is 28.2 Å². The number of benzene rings is 3. The molecule has 0 N–H and O–H groups in total. The molecule has 256 valence electrons. The summed E-state index contributed by atoms with van der Waals surface area (Å²) < 4.78 is 1.42. The van der Waals surface area contributed by atoms with Gasteiger partial charge in [0.1, 0.15) is 0 Å². The first-order chi connectivity index (χ1) is 23.6. The summed E-state index contributed by atoms with van der Waals surface area (Å²) in [5.74, 6) is 2.24. The topological polar surface area (TPSA) is 0 Å². The minimum absolute atomic E-state index is 0.164. The molecule has 0 spiro atoms. The maximum Gasteiger partial charge on any atom is -0.172 e. The van der Waals surface area contributed by atoms with E-state index >= 15 is 0 Å². The van der Waals surface area contributed by atoms with Crippen LogP contribution < -0.4 is 0 Å². The summed E-state index contributed by atoms with van der Waals surface area (Å²) in [4.78, 5) is 0. The average molecular weight is 736 g/mol. The van der Waals surface area contributed by atoms with Gasteiger partial charge < -0.3 is 0 Å². The van der Waals surface area contributed by atoms with E-state index in [0.29, 0.717) is 5.92 Å². The van der Waals surface area contributed by atoms with Crippen LogP contribution in [0.15, 0.2) is 132 Å². The Morgan fingerprint density at radius 2 is 1.30 bits per heavy atom. The van der Waals surface area contributed by atoms with Crippen molar-refractivity contribution in [1.29, 1.82) is 0 Å². The summed E-state index contributed by atoms with van der Waals surface area (Å²) in [5.41, 5.74) is 15.6. The van der Waals surface area contributed by atoms with E-state index in [0.717, 1.165) is 6.42 Å². The van der Waals surface area contributed by atoms with Gasteiger partial charge in [-0.3, -0.25) is 0 Å². The fourth-order valence-corrected chi connectivity index (χ4v) is 10.3. The summed E-state index contributed by atoms with van der Waals surface area (Å²) in [7, 11) is 0. The van der Waals surface area contributed by atoms with Gasteiger partial charge in [-0.2, -0.15) is 29.3 Å². The zero-order chi connectivity index (χ0) is 36.1. The van der Waals surface area contributed by atoms with Crippen LogP contribution in [0.2, 0.25) is 0 Å². The Morgan fingerprint density at radius 3 is 1.84 bits per heavy atom. The van der Waals surface area contributed by atoms with Crippen LogP contribution in [0.25, 0.3) is 5.57 Å². The molecular weight excluding hydrogens is 680 g/mol. The SMILES string of the molecule is C[C-]1C2=C3Cc4ccccc4C3=C3C=CCCC3C2(C)C(C)(C)C(C)(C)C1(C)C.Cc1ccc([C](=[Zr+2])c2ccc(C)cc2)cc1.c1cc[cH-]c1. The molecule has 0 nitrogen and oxygen atoms in total. The molecule has 1 fully saturated rings. The molecule has 1 saturated carbocycles. The fraction of sp³-hybridized carbons (Fsp3) is 0.367. The van der Waals surface area contributed by atoms with Crippen LogP contribution in [-0.4, -0.2) is 3.21 Å². The Hall–Kier alpha value is -3.15. The molecule has 0 radical (unpaired) electrons. The molecule has 0 aromatic heterocycles. The van der Waals surface area contributed by atoms with Gasteiger partial charge in [-0.05, 0) is 40.6 Å². The maximum atomic E-state index is 2.62. The van der Waals surface area contributed by atoms with Gasteiger partial charge in [-0.1, -0.05) is 113 Å². The summed E-state index contributed by atoms with van der Waals surface area (Å²) >= 11 is 1.46. The maximum absolute atomic E-state index is 2.62. The first kappa shape index (κ1) is 36.6. The number of aryl methyl sites for hydroxylation is 2. The van der Waals surface area contributed by atoms with Gasteiger partial charge in [0.25, 0.3) is 0 Å². The third kappa shape index (κ3) is 5.91. The minimum Gasteiger partial charge on any atom is -0.214 e. The molecule has 4 aliphatic rings. The number of fused-ring (bicyclic) bond motifs is 6. The van der Waals surface area contributed by atoms with E-state index in [-0.39, 0.29) is 21.7 Å². The largest absolute Gasteiger partial charge is 0.214 e. The number of rotatable bonds is 2. The first-order valence-electron chi connectivity index (χ1n) is 18.6. The fourth-order valence-electron chi connectivity index (χ4n) is 9.50. The summed E-state index contributed by atoms with van der Waals surface area (Å²) in [6.07, 6.45) is 8.50. The summed E-state index contributed by atoms with van der Waals surface area (Å²) in [6, 6.07) is 36.7. The monoisotopic (exact) mass is 734 g/mol. The van der Waals surface area contributed by atoms with Gasteiger partial charge in [0.2, 0.25) is 0 Å². The molecule has 0 bridgehead atoms. The van der Waals surface area contributed by atoms with E-state index < -0.39 is 0 Å². The van der Waals surface area contributed by atoms with E-state index in [2.05, 4.69) is 154 Å². The molecule has 2 unspecified atom stereocenters. The molecule has 1 heteroatoms. The van der Waals surface area contributed by atoms with Crippen LogP contribution in [0.1, 0.15) is 102 Å². The number of hydrogen-bond acceptors (Lipinski definition) is 0. The Kier molecular flexibility index (Phi) is 10.1. The zero-order valence-corrected chi connectivity index (χ0v) is 34.6. The molecule has 4 aromatic rings. The molecule has 0 heterocycles. The van der Waals surface area contributed by atoms with Gasteiger partial charge in [-0.15, -0.1) is 6.92 Å². The van der Waals surface area contributed by atoms with Crippen LogP contribution in [0.5, 0.6) is 0 Å². The van der Waals surface area contributed by atoms with E-state index in [9.17, 15) is 0 Å². The Morgan fingerprint density at radius 1 is 0.740 bits per heavy atom. The van der Waals surface area contributed by atoms with Crippen molar-refractivity contribution in [1.82, 2.24) is 0 Å². The van der Waals surface area contributed by atoms with Crippen molar-refractivity contribution in [2.24, 2.45) is 27.6 Å². The van der Waals surface area contributed by atoms with Crippen molar-refractivity contribution in [2.45, 2.75) is 88.5 Å². The smallest absolute Gasteiger partial charge is 0.172 e. The second-order valence-corrected chi connectivity index (χ2v) is 18.1. The van der Waals surface area contributed by atoms with Gasteiger partial charge in [0, 0.05) is 0 Å². The van der Waals surface area contributed by atoms with Gasteiger partial charge in [-0.25, -0.2) is 18.1 Å². The van der Waals surface area contributed by atoms with Crippen molar-refractivity contribution in [3.63, 3.8) is 0 Å². The van der Waals surface area contributed by atoms with Crippen molar-refractivity contribution >= 4 is 8.78 Å². The third-order valence-corrected chi connectivity index (χ3v) is 15.4. The summed E-state index contributed by atoms with van der Waals surface area (Å²) in [6.45, 7) is 24.5. The standard InChI is InChI=1S/C29H37.C15H14.C5H5.Zr/c1-18-25-22-17-19-13-9-10-14-20(19)24(22)21-15-11-12-16-23(21)29(25,8)28(6,7)27(4,5)26(18,2)3;1-12-3-7-14(8-4-12)11-15-9-5-13(2)6-10-15;1-2-4-5-3-1;/h9-11,13-15,23H,12,16-17H2,1-8H3;3-10H,1-2H3;1-5H;/q-1;;-1;+2. The van der Waals surface area contributed by atoms with E-state index in [4.69, 9.17) is 0 Å². The Bertz CT molecular complexity index is 1870.